The minimum Gasteiger partial charge on any atom is -0.309 e. The number of pyridine rings is 1. The molecule has 4 aromatic rings. The molecule has 0 radical (unpaired) electrons. The first-order valence-corrected chi connectivity index (χ1v) is 9.60. The van der Waals surface area contributed by atoms with Crippen LogP contribution in [0.2, 0.25) is 0 Å². The van der Waals surface area contributed by atoms with E-state index >= 15 is 0 Å². The lowest BCUT2D eigenvalue weighted by Gasteiger charge is -2.23. The van der Waals surface area contributed by atoms with Crippen LogP contribution in [0.1, 0.15) is 29.3 Å². The zero-order chi connectivity index (χ0) is 17.5. The predicted molar refractivity (Wildman–Crippen MR) is 105 cm³/mol. The number of benzene rings is 1. The summed E-state index contributed by atoms with van der Waals surface area (Å²) >= 11 is 1.47. The van der Waals surface area contributed by atoms with Gasteiger partial charge in [0.15, 0.2) is 0 Å². The van der Waals surface area contributed by atoms with E-state index in [9.17, 15) is 4.79 Å². The Morgan fingerprint density at radius 2 is 2.00 bits per heavy atom. The summed E-state index contributed by atoms with van der Waals surface area (Å²) in [5.41, 5.74) is 4.55. The number of H-pyrrole nitrogens is 1. The fourth-order valence-corrected chi connectivity index (χ4v) is 4.72. The quantitative estimate of drug-likeness (QED) is 0.580. The lowest BCUT2D eigenvalue weighted by molar-refractivity contribution is 0.556. The summed E-state index contributed by atoms with van der Waals surface area (Å²) in [5, 5.41) is 0. The Kier molecular flexibility index (Phi) is 3.68. The van der Waals surface area contributed by atoms with Gasteiger partial charge < -0.3 is 4.98 Å². The van der Waals surface area contributed by atoms with Crippen molar-refractivity contribution in [3.63, 3.8) is 0 Å². The van der Waals surface area contributed by atoms with E-state index < -0.39 is 0 Å². The van der Waals surface area contributed by atoms with E-state index in [1.807, 2.05) is 24.4 Å². The molecule has 3 aromatic heterocycles. The van der Waals surface area contributed by atoms with Crippen LogP contribution < -0.4 is 5.56 Å². The average Bonchev–Trinajstić information content (AvgIpc) is 3.13. The minimum absolute atomic E-state index is 0.0380. The van der Waals surface area contributed by atoms with Crippen molar-refractivity contribution < 1.29 is 0 Å². The van der Waals surface area contributed by atoms with Crippen molar-refractivity contribution in [2.45, 2.75) is 25.2 Å². The number of hydrogen-bond acceptors (Lipinski definition) is 4. The van der Waals surface area contributed by atoms with Gasteiger partial charge in [-0.15, -0.1) is 11.3 Å². The zero-order valence-electron chi connectivity index (χ0n) is 14.1. The van der Waals surface area contributed by atoms with Crippen LogP contribution in [-0.4, -0.2) is 15.0 Å². The number of aromatic nitrogens is 3. The van der Waals surface area contributed by atoms with Gasteiger partial charge in [0.2, 0.25) is 0 Å². The molecule has 1 aromatic carbocycles. The van der Waals surface area contributed by atoms with E-state index in [1.54, 1.807) is 6.20 Å². The van der Waals surface area contributed by atoms with Crippen LogP contribution in [0.3, 0.4) is 0 Å². The Labute approximate surface area is 154 Å². The topological polar surface area (TPSA) is 58.6 Å². The van der Waals surface area contributed by atoms with Crippen molar-refractivity contribution in [3.8, 4) is 10.4 Å². The third kappa shape index (κ3) is 2.65. The van der Waals surface area contributed by atoms with Gasteiger partial charge >= 0.3 is 0 Å². The molecule has 0 saturated heterocycles. The van der Waals surface area contributed by atoms with Crippen molar-refractivity contribution in [3.05, 3.63) is 82.2 Å². The maximum absolute atomic E-state index is 12.6. The van der Waals surface area contributed by atoms with Gasteiger partial charge in [-0.05, 0) is 42.5 Å². The molecule has 0 amide bonds. The third-order valence-corrected chi connectivity index (χ3v) is 6.25. The summed E-state index contributed by atoms with van der Waals surface area (Å²) in [6.07, 6.45) is 6.56. The molecule has 4 nitrogen and oxygen atoms in total. The first-order valence-electron chi connectivity index (χ1n) is 8.79. The number of fused-ring (bicyclic) bond motifs is 2. The van der Waals surface area contributed by atoms with Crippen LogP contribution in [0.25, 0.3) is 20.7 Å². The predicted octanol–water partition coefficient (Wildman–Crippen LogP) is 4.32. The first-order chi connectivity index (χ1) is 12.8. The van der Waals surface area contributed by atoms with E-state index in [4.69, 9.17) is 4.98 Å². The van der Waals surface area contributed by atoms with Gasteiger partial charge in [0.1, 0.15) is 10.5 Å². The molecule has 0 saturated carbocycles. The Morgan fingerprint density at radius 1 is 1.12 bits per heavy atom. The minimum atomic E-state index is -0.0380. The van der Waals surface area contributed by atoms with Crippen molar-refractivity contribution in [1.29, 1.82) is 0 Å². The summed E-state index contributed by atoms with van der Waals surface area (Å²) in [6.45, 7) is 0. The van der Waals surface area contributed by atoms with E-state index in [0.29, 0.717) is 4.70 Å². The van der Waals surface area contributed by atoms with Crippen molar-refractivity contribution in [1.82, 2.24) is 15.0 Å². The molecule has 3 heterocycles. The van der Waals surface area contributed by atoms with E-state index in [0.717, 1.165) is 41.0 Å². The smallest absolute Gasteiger partial charge is 0.268 e. The highest BCUT2D eigenvalue weighted by atomic mass is 32.1. The highest BCUT2D eigenvalue weighted by Gasteiger charge is 2.23. The van der Waals surface area contributed by atoms with Gasteiger partial charge in [0, 0.05) is 28.8 Å². The third-order valence-electron chi connectivity index (χ3n) is 5.08. The van der Waals surface area contributed by atoms with Crippen LogP contribution in [0.15, 0.2) is 59.7 Å². The molecule has 1 unspecified atom stereocenters. The zero-order valence-corrected chi connectivity index (χ0v) is 14.9. The molecule has 0 bridgehead atoms. The first kappa shape index (κ1) is 15.5. The molecule has 5 rings (SSSR count). The summed E-state index contributed by atoms with van der Waals surface area (Å²) in [5.74, 6) is 1.08. The van der Waals surface area contributed by atoms with Gasteiger partial charge in [-0.3, -0.25) is 9.78 Å². The number of aromatic amines is 1. The maximum Gasteiger partial charge on any atom is 0.268 e. The van der Waals surface area contributed by atoms with Crippen LogP contribution in [0.5, 0.6) is 0 Å². The van der Waals surface area contributed by atoms with Crippen LogP contribution in [0.4, 0.5) is 0 Å². The number of aryl methyl sites for hydroxylation is 1. The van der Waals surface area contributed by atoms with E-state index in [1.165, 1.54) is 22.5 Å². The summed E-state index contributed by atoms with van der Waals surface area (Å²) in [7, 11) is 0. The van der Waals surface area contributed by atoms with Gasteiger partial charge in [-0.2, -0.15) is 0 Å². The fraction of sp³-hybridized carbons (Fsp3) is 0.190. The highest BCUT2D eigenvalue weighted by molar-refractivity contribution is 7.22. The second kappa shape index (κ2) is 6.18. The highest BCUT2D eigenvalue weighted by Crippen LogP contribution is 2.33. The second-order valence-corrected chi connectivity index (χ2v) is 7.78. The Bertz CT molecular complexity index is 1150. The molecule has 1 aliphatic carbocycles. The molecule has 0 fully saturated rings. The van der Waals surface area contributed by atoms with Crippen molar-refractivity contribution >= 4 is 21.6 Å². The molecular formula is C21H17N3OS. The maximum atomic E-state index is 12.6. The Hall–Kier alpha value is -2.79. The largest absolute Gasteiger partial charge is 0.309 e. The monoisotopic (exact) mass is 359 g/mol. The number of thiophene rings is 1. The van der Waals surface area contributed by atoms with Gasteiger partial charge in [-0.25, -0.2) is 4.98 Å². The molecule has 5 heteroatoms. The molecule has 0 aliphatic heterocycles. The number of rotatable bonds is 2. The van der Waals surface area contributed by atoms with Crippen LogP contribution >= 0.6 is 11.3 Å². The SMILES string of the molecule is O=c1[nH]c(C2CCc3ccccc3C2)nc2cc(-c3cccnc3)sc12. The van der Waals surface area contributed by atoms with Gasteiger partial charge in [0.25, 0.3) is 5.56 Å². The van der Waals surface area contributed by atoms with Crippen molar-refractivity contribution in [2.24, 2.45) is 0 Å². The average molecular weight is 359 g/mol. The summed E-state index contributed by atoms with van der Waals surface area (Å²) in [4.78, 5) is 25.7. The van der Waals surface area contributed by atoms with E-state index in [2.05, 4.69) is 34.2 Å². The number of nitrogens with zero attached hydrogens (tertiary/aromatic N) is 2. The molecule has 1 N–H and O–H groups in total. The standard InChI is InChI=1S/C21H17N3OS/c25-21-19-17(11-18(26-19)16-6-3-9-22-12-16)23-20(24-21)15-8-7-13-4-1-2-5-14(13)10-15/h1-6,9,11-12,15H,7-8,10H2,(H,23,24,25). The van der Waals surface area contributed by atoms with Gasteiger partial charge in [0.05, 0.1) is 5.52 Å². The summed E-state index contributed by atoms with van der Waals surface area (Å²) < 4.78 is 0.684. The molecule has 1 aliphatic rings. The molecule has 0 spiro atoms. The Balaban J connectivity index is 1.55. The van der Waals surface area contributed by atoms with Gasteiger partial charge in [-0.1, -0.05) is 30.3 Å². The fourth-order valence-electron chi connectivity index (χ4n) is 3.73. The molecule has 1 atom stereocenters. The molecular weight excluding hydrogens is 342 g/mol. The van der Waals surface area contributed by atoms with Crippen LogP contribution in [0, 0.1) is 0 Å². The molecule has 26 heavy (non-hydrogen) atoms. The van der Waals surface area contributed by atoms with Crippen LogP contribution in [-0.2, 0) is 12.8 Å². The number of hydrogen-bond donors (Lipinski definition) is 1. The molecule has 128 valence electrons. The number of nitrogens with one attached hydrogen (secondary N) is 1. The normalized spacial score (nSPS) is 16.5. The van der Waals surface area contributed by atoms with Crippen molar-refractivity contribution in [2.75, 3.05) is 0 Å². The lowest BCUT2D eigenvalue weighted by atomic mass is 9.83. The second-order valence-electron chi connectivity index (χ2n) is 6.73. The van der Waals surface area contributed by atoms with E-state index in [-0.39, 0.29) is 11.5 Å². The lowest BCUT2D eigenvalue weighted by Crippen LogP contribution is -2.19. The Morgan fingerprint density at radius 3 is 2.85 bits per heavy atom. The summed E-state index contributed by atoms with van der Waals surface area (Å²) in [6, 6.07) is 14.5.